The molecule has 0 aliphatic heterocycles. The number of aliphatic hydroxyl groups excluding tert-OH is 2. The molecule has 7 atom stereocenters. The molecule has 0 saturated carbocycles. The Kier molecular flexibility index (Phi) is 18.1. The van der Waals surface area contributed by atoms with Crippen molar-refractivity contribution in [2.45, 2.75) is 145 Å². The van der Waals surface area contributed by atoms with Gasteiger partial charge in [0.1, 0.15) is 0 Å². The summed E-state index contributed by atoms with van der Waals surface area (Å²) in [5.74, 6) is -0.298. The van der Waals surface area contributed by atoms with Crippen molar-refractivity contribution in [1.29, 1.82) is 0 Å². The van der Waals surface area contributed by atoms with E-state index in [1.54, 1.807) is 6.92 Å². The van der Waals surface area contributed by atoms with Gasteiger partial charge in [-0.2, -0.15) is 0 Å². The minimum absolute atomic E-state index is 0.119. The van der Waals surface area contributed by atoms with E-state index in [2.05, 4.69) is 80.5 Å². The molecule has 1 amide bonds. The molecule has 1 rings (SSSR count). The fourth-order valence-corrected chi connectivity index (χ4v) is 21.1. The Balaban J connectivity index is 3.10. The first-order valence-corrected chi connectivity index (χ1v) is 24.4. The number of hydrogen-bond acceptors (Lipinski definition) is 3. The van der Waals surface area contributed by atoms with Crippen LogP contribution >= 0.6 is 0 Å². The normalized spacial score (nSPS) is 24.0. The molecule has 1 aliphatic carbocycles. The van der Waals surface area contributed by atoms with Gasteiger partial charge < -0.3 is 10.4 Å². The van der Waals surface area contributed by atoms with Crippen molar-refractivity contribution in [1.82, 2.24) is 5.32 Å². The van der Waals surface area contributed by atoms with Crippen LogP contribution in [-0.2, 0) is 4.79 Å². The number of rotatable bonds is 19. The minimum atomic E-state index is -2.36. The summed E-state index contributed by atoms with van der Waals surface area (Å²) in [4.78, 5) is 11.4. The molecule has 0 bridgehead atoms. The molecule has 3 N–H and O–H groups in total. The second kappa shape index (κ2) is 19.4. The number of unbranched alkanes of at least 4 members (excludes halogenated alkanes) is 3. The quantitative estimate of drug-likeness (QED) is 0.0726. The van der Waals surface area contributed by atoms with Gasteiger partial charge in [0.15, 0.2) is 0 Å². The second-order valence-electron chi connectivity index (χ2n) is 13.5. The first-order valence-electron chi connectivity index (χ1n) is 16.7. The molecule has 0 unspecified atom stereocenters. The van der Waals surface area contributed by atoms with Gasteiger partial charge in [-0.1, -0.05) is 0 Å². The second-order valence-corrected chi connectivity index (χ2v) is 26.5. The summed E-state index contributed by atoms with van der Waals surface area (Å²) >= 11 is -2.36. The van der Waals surface area contributed by atoms with Crippen LogP contribution in [0.25, 0.3) is 0 Å². The van der Waals surface area contributed by atoms with Gasteiger partial charge in [0, 0.05) is 6.92 Å². The molecule has 236 valence electrons. The molecular weight excluding hydrogens is 613 g/mol. The topological polar surface area (TPSA) is 69.6 Å². The number of carbonyl (C=O) groups excluding carboxylic acids is 1. The molecule has 1 aliphatic rings. The molecule has 0 heterocycles. The van der Waals surface area contributed by atoms with Crippen LogP contribution in [0.2, 0.25) is 13.3 Å². The number of carbonyl (C=O) groups is 1. The van der Waals surface area contributed by atoms with E-state index in [0.29, 0.717) is 5.92 Å². The van der Waals surface area contributed by atoms with E-state index in [0.717, 1.165) is 6.42 Å². The van der Waals surface area contributed by atoms with Crippen LogP contribution in [0, 0.1) is 23.2 Å². The third kappa shape index (κ3) is 13.1. The summed E-state index contributed by atoms with van der Waals surface area (Å²) in [6.45, 7) is 18.7. The van der Waals surface area contributed by atoms with Gasteiger partial charge >= 0.3 is 218 Å². The van der Waals surface area contributed by atoms with Crippen molar-refractivity contribution in [3.63, 3.8) is 0 Å². The fourth-order valence-electron chi connectivity index (χ4n) is 6.34. The van der Waals surface area contributed by atoms with E-state index in [1.165, 1.54) is 70.8 Å². The summed E-state index contributed by atoms with van der Waals surface area (Å²) in [5.41, 5.74) is 1.35. The molecule has 4 nitrogen and oxygen atoms in total. The number of nitrogens with one attached hydrogen (secondary N) is 1. The zero-order valence-corrected chi connectivity index (χ0v) is 30.9. The third-order valence-electron chi connectivity index (χ3n) is 9.52. The Morgan fingerprint density at radius 2 is 1.56 bits per heavy atom. The fraction of sp³-hybridized carbons (Fsp3) is 0.750. The van der Waals surface area contributed by atoms with E-state index in [4.69, 9.17) is 0 Å². The standard InChI is InChI=1S/C24H38NO3.3C4H9.Sn/c1-8-24(7)14-10-9-11-21(24)15-16(2)12-13-17(3)22(27)18(4)23(28)19(5)25-20(6)26;3*1-3-4-2;/h1,8-9,11-13,15,17-19,21-23,27-28H,10,14H2,2-7H3,(H,25,26);3*1,3-4H2,2H3;/b8-1?,13-12+,16-15+;;;;/t17-,18+,19-,21-,22-,23+,24-;;;;/m1..../s1. The Morgan fingerprint density at radius 1 is 1.00 bits per heavy atom. The summed E-state index contributed by atoms with van der Waals surface area (Å²) < 4.78 is 7.38. The van der Waals surface area contributed by atoms with Crippen LogP contribution in [0.4, 0.5) is 0 Å². The van der Waals surface area contributed by atoms with E-state index in [1.807, 2.05) is 13.8 Å². The molecule has 0 fully saturated rings. The maximum atomic E-state index is 11.4. The first-order chi connectivity index (χ1) is 19.3. The average molecular weight is 679 g/mol. The van der Waals surface area contributed by atoms with Gasteiger partial charge in [0.05, 0.1) is 6.04 Å². The Hall–Kier alpha value is -0.851. The van der Waals surface area contributed by atoms with Crippen LogP contribution in [0.5, 0.6) is 0 Å². The monoisotopic (exact) mass is 679 g/mol. The SMILES string of the molecule is CCC[CH2][Sn](/[CH]=C/[C@]1(C)CCC=C[C@@H]1/C=C(C)/C=C/[C@@H](C)[C@@H](O)[C@H](C)[C@H](O)[C@@H](C)NC(C)=O)([CH2]CCC)[CH2]CCC. The number of aliphatic hydroxyl groups is 2. The van der Waals surface area contributed by atoms with Gasteiger partial charge in [-0.25, -0.2) is 0 Å². The first kappa shape index (κ1) is 38.2. The Labute approximate surface area is 258 Å². The summed E-state index contributed by atoms with van der Waals surface area (Å²) in [6.07, 6.45) is 22.9. The van der Waals surface area contributed by atoms with Crippen molar-refractivity contribution in [2.24, 2.45) is 23.2 Å². The number of allylic oxidation sites excluding steroid dienone is 6. The molecule has 0 aromatic heterocycles. The van der Waals surface area contributed by atoms with Crippen molar-refractivity contribution in [3.8, 4) is 0 Å². The van der Waals surface area contributed by atoms with Gasteiger partial charge in [-0.3, -0.25) is 4.79 Å². The molecular formula is C36H65NO3Sn. The molecule has 0 spiro atoms. The predicted molar refractivity (Wildman–Crippen MR) is 181 cm³/mol. The van der Waals surface area contributed by atoms with E-state index in [9.17, 15) is 15.0 Å². The van der Waals surface area contributed by atoms with Crippen LogP contribution in [-0.4, -0.2) is 52.7 Å². The number of amides is 1. The molecule has 5 heteroatoms. The molecule has 0 aromatic carbocycles. The van der Waals surface area contributed by atoms with Crippen molar-refractivity contribution >= 4 is 24.3 Å². The van der Waals surface area contributed by atoms with Crippen molar-refractivity contribution in [3.05, 3.63) is 46.1 Å². The van der Waals surface area contributed by atoms with Gasteiger partial charge in [-0.05, 0) is 6.92 Å². The average Bonchev–Trinajstić information content (AvgIpc) is 2.94. The van der Waals surface area contributed by atoms with Crippen LogP contribution < -0.4 is 5.32 Å². The van der Waals surface area contributed by atoms with Crippen molar-refractivity contribution < 1.29 is 15.0 Å². The Morgan fingerprint density at radius 3 is 2.07 bits per heavy atom. The predicted octanol–water partition coefficient (Wildman–Crippen LogP) is 8.92. The summed E-state index contributed by atoms with van der Waals surface area (Å²) in [6, 6.07) is -0.409. The third-order valence-corrected chi connectivity index (χ3v) is 23.6. The number of hydrogen-bond donors (Lipinski definition) is 3. The molecule has 0 aromatic rings. The van der Waals surface area contributed by atoms with Crippen LogP contribution in [0.15, 0.2) is 46.1 Å². The van der Waals surface area contributed by atoms with Gasteiger partial charge in [-0.15, -0.1) is 0 Å². The zero-order chi connectivity index (χ0) is 31.1. The molecule has 0 radical (unpaired) electrons. The Bertz CT molecular complexity index is 856. The van der Waals surface area contributed by atoms with E-state index >= 15 is 0 Å². The van der Waals surface area contributed by atoms with Crippen molar-refractivity contribution in [2.75, 3.05) is 0 Å². The molecule has 0 saturated heterocycles. The zero-order valence-electron chi connectivity index (χ0n) is 28.1. The molecule has 41 heavy (non-hydrogen) atoms. The summed E-state index contributed by atoms with van der Waals surface area (Å²) in [7, 11) is 0. The van der Waals surface area contributed by atoms with Gasteiger partial charge in [0.2, 0.25) is 5.91 Å². The van der Waals surface area contributed by atoms with Gasteiger partial charge in [0.25, 0.3) is 0 Å². The summed E-state index contributed by atoms with van der Waals surface area (Å²) in [5, 5.41) is 24.3. The van der Waals surface area contributed by atoms with E-state index < -0.39 is 36.6 Å². The van der Waals surface area contributed by atoms with Crippen LogP contribution in [0.1, 0.15) is 114 Å². The maximum absolute atomic E-state index is 11.4. The van der Waals surface area contributed by atoms with E-state index in [-0.39, 0.29) is 23.2 Å². The van der Waals surface area contributed by atoms with Crippen LogP contribution in [0.3, 0.4) is 0 Å².